The first-order valence-electron chi connectivity index (χ1n) is 11.8. The lowest BCUT2D eigenvalue weighted by atomic mass is 9.80. The number of carbonyl (C=O) groups excluding carboxylic acids is 1. The predicted molar refractivity (Wildman–Crippen MR) is 128 cm³/mol. The Morgan fingerprint density at radius 2 is 1.91 bits per heavy atom. The number of rotatable bonds is 8. The summed E-state index contributed by atoms with van der Waals surface area (Å²) in [7, 11) is 4.93. The molecule has 1 heterocycles. The SMILES string of the molecule is CCc1ccccc1C1CCC(OCC2C(NS(=O)N(C)C)CC(C)N2C(=O)OC)CC1. The molecule has 0 spiro atoms. The smallest absolute Gasteiger partial charge is 0.410 e. The third kappa shape index (κ3) is 5.90. The summed E-state index contributed by atoms with van der Waals surface area (Å²) < 4.78 is 28.5. The topological polar surface area (TPSA) is 71.1 Å². The zero-order valence-electron chi connectivity index (χ0n) is 20.1. The van der Waals surface area contributed by atoms with Gasteiger partial charge in [0, 0.05) is 26.2 Å². The molecule has 180 valence electrons. The lowest BCUT2D eigenvalue weighted by molar-refractivity contribution is -0.00861. The molecular formula is C24H39N3O4S. The van der Waals surface area contributed by atoms with E-state index in [1.54, 1.807) is 23.3 Å². The second-order valence-electron chi connectivity index (χ2n) is 9.17. The number of hydrogen-bond acceptors (Lipinski definition) is 4. The number of carbonyl (C=O) groups is 1. The molecule has 1 N–H and O–H groups in total. The second kappa shape index (κ2) is 11.6. The van der Waals surface area contributed by atoms with Crippen molar-refractivity contribution in [1.82, 2.24) is 13.9 Å². The van der Waals surface area contributed by atoms with Crippen LogP contribution in [0.4, 0.5) is 4.79 Å². The van der Waals surface area contributed by atoms with E-state index in [4.69, 9.17) is 9.47 Å². The van der Waals surface area contributed by atoms with Gasteiger partial charge in [0.15, 0.2) is 11.2 Å². The molecule has 0 aromatic heterocycles. The van der Waals surface area contributed by atoms with E-state index in [0.717, 1.165) is 32.1 Å². The molecule has 8 heteroatoms. The molecule has 4 unspecified atom stereocenters. The number of methoxy groups -OCH3 is 1. The van der Waals surface area contributed by atoms with Crippen molar-refractivity contribution in [3.63, 3.8) is 0 Å². The quantitative estimate of drug-likeness (QED) is 0.637. The summed E-state index contributed by atoms with van der Waals surface area (Å²) in [6.45, 7) is 4.64. The summed E-state index contributed by atoms with van der Waals surface area (Å²) in [6.07, 6.45) is 5.89. The van der Waals surface area contributed by atoms with Gasteiger partial charge in [0.2, 0.25) is 0 Å². The molecular weight excluding hydrogens is 426 g/mol. The van der Waals surface area contributed by atoms with Gasteiger partial charge in [0.05, 0.1) is 25.9 Å². The standard InChI is InChI=1S/C24H39N3O4S/c1-6-18-9-7-8-10-21(18)19-11-13-20(14-12-19)31-16-23-22(25-32(29)26(3)4)15-17(2)27(23)24(28)30-5/h7-10,17,19-20,22-23,25H,6,11-16H2,1-5H3. The van der Waals surface area contributed by atoms with Crippen molar-refractivity contribution in [3.05, 3.63) is 35.4 Å². The van der Waals surface area contributed by atoms with Crippen LogP contribution in [0, 0.1) is 0 Å². The van der Waals surface area contributed by atoms with Gasteiger partial charge in [-0.3, -0.25) is 4.90 Å². The van der Waals surface area contributed by atoms with Crippen LogP contribution in [0.25, 0.3) is 0 Å². The van der Waals surface area contributed by atoms with E-state index in [-0.39, 0.29) is 30.3 Å². The Hall–Kier alpha value is -1.48. The highest BCUT2D eigenvalue weighted by atomic mass is 32.2. The van der Waals surface area contributed by atoms with Gasteiger partial charge >= 0.3 is 6.09 Å². The molecule has 1 aromatic carbocycles. The normalized spacial score (nSPS) is 29.3. The van der Waals surface area contributed by atoms with E-state index >= 15 is 0 Å². The minimum Gasteiger partial charge on any atom is -0.453 e. The lowest BCUT2D eigenvalue weighted by Gasteiger charge is -2.33. The molecule has 1 aliphatic heterocycles. The average Bonchev–Trinajstić information content (AvgIpc) is 3.11. The monoisotopic (exact) mass is 465 g/mol. The molecule has 32 heavy (non-hydrogen) atoms. The summed E-state index contributed by atoms with van der Waals surface area (Å²) in [5, 5.41) is 0. The summed E-state index contributed by atoms with van der Waals surface area (Å²) in [5.41, 5.74) is 2.94. The van der Waals surface area contributed by atoms with Gasteiger partial charge in [-0.2, -0.15) is 0 Å². The Kier molecular flexibility index (Phi) is 9.11. The first-order chi connectivity index (χ1) is 15.3. The van der Waals surface area contributed by atoms with Crippen LogP contribution < -0.4 is 4.72 Å². The van der Waals surface area contributed by atoms with Gasteiger partial charge in [0.25, 0.3) is 0 Å². The zero-order valence-corrected chi connectivity index (χ0v) is 20.9. The van der Waals surface area contributed by atoms with Crippen molar-refractivity contribution < 1.29 is 18.5 Å². The first-order valence-corrected chi connectivity index (χ1v) is 12.9. The van der Waals surface area contributed by atoms with Crippen LogP contribution in [-0.4, -0.2) is 71.5 Å². The van der Waals surface area contributed by atoms with Gasteiger partial charge in [-0.15, -0.1) is 0 Å². The number of benzene rings is 1. The van der Waals surface area contributed by atoms with Crippen molar-refractivity contribution in [2.45, 2.75) is 82.5 Å². The van der Waals surface area contributed by atoms with Gasteiger partial charge in [0.1, 0.15) is 0 Å². The number of nitrogens with zero attached hydrogens (tertiary/aromatic N) is 2. The fraction of sp³-hybridized carbons (Fsp3) is 0.708. The average molecular weight is 466 g/mol. The number of aryl methyl sites for hydroxylation is 1. The first kappa shape index (κ1) is 25.1. The Morgan fingerprint density at radius 1 is 1.22 bits per heavy atom. The third-order valence-corrected chi connectivity index (χ3v) is 8.08. The van der Waals surface area contributed by atoms with Crippen molar-refractivity contribution in [2.24, 2.45) is 0 Å². The van der Waals surface area contributed by atoms with E-state index in [0.29, 0.717) is 18.9 Å². The highest BCUT2D eigenvalue weighted by molar-refractivity contribution is 7.80. The fourth-order valence-corrected chi connectivity index (χ4v) is 5.89. The largest absolute Gasteiger partial charge is 0.453 e. The molecule has 1 aliphatic carbocycles. The maximum Gasteiger partial charge on any atom is 0.410 e. The maximum absolute atomic E-state index is 12.4. The molecule has 1 amide bonds. The molecule has 0 radical (unpaired) electrons. The van der Waals surface area contributed by atoms with E-state index < -0.39 is 11.2 Å². The number of ether oxygens (including phenoxy) is 2. The van der Waals surface area contributed by atoms with Gasteiger partial charge in [-0.1, -0.05) is 31.2 Å². The molecule has 0 bridgehead atoms. The van der Waals surface area contributed by atoms with E-state index in [2.05, 4.69) is 35.9 Å². The Bertz CT molecular complexity index is 782. The zero-order chi connectivity index (χ0) is 23.3. The van der Waals surface area contributed by atoms with Crippen molar-refractivity contribution >= 4 is 17.3 Å². The molecule has 2 aliphatic rings. The minimum atomic E-state index is -1.32. The molecule has 7 nitrogen and oxygen atoms in total. The summed E-state index contributed by atoms with van der Waals surface area (Å²) in [5.74, 6) is 0.598. The van der Waals surface area contributed by atoms with E-state index in [1.807, 2.05) is 6.92 Å². The number of likely N-dealkylation sites (tertiary alicyclic amines) is 1. The molecule has 2 fully saturated rings. The van der Waals surface area contributed by atoms with Crippen LogP contribution in [-0.2, 0) is 27.1 Å². The van der Waals surface area contributed by atoms with Crippen LogP contribution in [0.1, 0.15) is 63.0 Å². The van der Waals surface area contributed by atoms with Gasteiger partial charge < -0.3 is 9.47 Å². The number of nitrogens with one attached hydrogen (secondary N) is 1. The number of hydrogen-bond donors (Lipinski definition) is 1. The Balaban J connectivity index is 1.60. The van der Waals surface area contributed by atoms with Crippen LogP contribution in [0.15, 0.2) is 24.3 Å². The maximum atomic E-state index is 12.4. The van der Waals surface area contributed by atoms with Crippen molar-refractivity contribution in [3.8, 4) is 0 Å². The van der Waals surface area contributed by atoms with Crippen molar-refractivity contribution in [1.29, 1.82) is 0 Å². The van der Waals surface area contributed by atoms with Gasteiger partial charge in [-0.25, -0.2) is 18.0 Å². The Labute approximate surface area is 195 Å². The highest BCUT2D eigenvalue weighted by Crippen LogP contribution is 2.36. The Morgan fingerprint density at radius 3 is 2.53 bits per heavy atom. The second-order valence-corrected chi connectivity index (χ2v) is 10.6. The highest BCUT2D eigenvalue weighted by Gasteiger charge is 2.43. The lowest BCUT2D eigenvalue weighted by Crippen LogP contribution is -2.50. The van der Waals surface area contributed by atoms with Crippen molar-refractivity contribution in [2.75, 3.05) is 27.8 Å². The fourth-order valence-electron chi connectivity index (χ4n) is 5.17. The molecule has 1 saturated carbocycles. The van der Waals surface area contributed by atoms with Gasteiger partial charge in [-0.05, 0) is 62.5 Å². The van der Waals surface area contributed by atoms with Crippen LogP contribution in [0.3, 0.4) is 0 Å². The summed E-state index contributed by atoms with van der Waals surface area (Å²) in [4.78, 5) is 14.2. The molecule has 4 atom stereocenters. The molecule has 1 saturated heterocycles. The van der Waals surface area contributed by atoms with Crippen LogP contribution in [0.2, 0.25) is 0 Å². The third-order valence-electron chi connectivity index (χ3n) is 6.91. The molecule has 1 aromatic rings. The predicted octanol–water partition coefficient (Wildman–Crippen LogP) is 3.62. The summed E-state index contributed by atoms with van der Waals surface area (Å²) >= 11 is -1.32. The van der Waals surface area contributed by atoms with E-state index in [9.17, 15) is 9.00 Å². The van der Waals surface area contributed by atoms with E-state index in [1.165, 1.54) is 18.2 Å². The van der Waals surface area contributed by atoms with Crippen LogP contribution >= 0.6 is 0 Å². The van der Waals surface area contributed by atoms with Crippen LogP contribution in [0.5, 0.6) is 0 Å². The number of amides is 1. The summed E-state index contributed by atoms with van der Waals surface area (Å²) in [6, 6.07) is 8.46. The molecule has 3 rings (SSSR count). The minimum absolute atomic E-state index is 0.00556.